The van der Waals surface area contributed by atoms with Crippen LogP contribution in [0.5, 0.6) is 0 Å². The minimum atomic E-state index is -0.332. The predicted molar refractivity (Wildman–Crippen MR) is 77.5 cm³/mol. The molecule has 1 aliphatic carbocycles. The lowest BCUT2D eigenvalue weighted by molar-refractivity contribution is 0.529. The molecule has 1 aromatic rings. The summed E-state index contributed by atoms with van der Waals surface area (Å²) in [5.74, 6) is 0.809. The molecular formula is C15H19FN2S. The van der Waals surface area contributed by atoms with Gasteiger partial charge >= 0.3 is 0 Å². The molecule has 1 fully saturated rings. The average Bonchev–Trinajstić information content (AvgIpc) is 2.83. The van der Waals surface area contributed by atoms with E-state index in [4.69, 9.17) is 5.26 Å². The molecule has 1 aromatic carbocycles. The van der Waals surface area contributed by atoms with E-state index >= 15 is 0 Å². The molecule has 2 unspecified atom stereocenters. The van der Waals surface area contributed by atoms with Gasteiger partial charge in [-0.25, -0.2) is 4.39 Å². The number of halogens is 1. The summed E-state index contributed by atoms with van der Waals surface area (Å²) < 4.78 is 13.3. The third-order valence-electron chi connectivity index (χ3n) is 3.49. The van der Waals surface area contributed by atoms with E-state index in [1.54, 1.807) is 6.07 Å². The highest BCUT2D eigenvalue weighted by Gasteiger charge is 2.26. The summed E-state index contributed by atoms with van der Waals surface area (Å²) in [6, 6.07) is 7.04. The van der Waals surface area contributed by atoms with Crippen molar-refractivity contribution in [2.75, 3.05) is 5.75 Å². The Morgan fingerprint density at radius 2 is 2.26 bits per heavy atom. The van der Waals surface area contributed by atoms with Gasteiger partial charge in [-0.3, -0.25) is 0 Å². The summed E-state index contributed by atoms with van der Waals surface area (Å²) in [5, 5.41) is 13.0. The van der Waals surface area contributed by atoms with Crippen molar-refractivity contribution in [3.8, 4) is 6.07 Å². The summed E-state index contributed by atoms with van der Waals surface area (Å²) in [5.41, 5.74) is 1.24. The van der Waals surface area contributed by atoms with Crippen LogP contribution in [0.25, 0.3) is 0 Å². The summed E-state index contributed by atoms with van der Waals surface area (Å²) in [4.78, 5) is 0. The molecule has 0 amide bonds. The maximum Gasteiger partial charge on any atom is 0.124 e. The minimum absolute atomic E-state index is 0.332. The normalized spacial score (nSPS) is 22.4. The Balaban J connectivity index is 1.95. The van der Waals surface area contributed by atoms with Crippen LogP contribution < -0.4 is 5.32 Å². The number of rotatable bonds is 5. The first-order chi connectivity index (χ1) is 9.22. The number of hydrogen-bond donors (Lipinski definition) is 1. The first kappa shape index (κ1) is 14.4. The number of benzene rings is 1. The second-order valence-corrected chi connectivity index (χ2v) is 6.39. The lowest BCUT2D eigenvalue weighted by Crippen LogP contribution is -2.33. The van der Waals surface area contributed by atoms with Gasteiger partial charge in [-0.2, -0.15) is 17.0 Å². The van der Waals surface area contributed by atoms with Gasteiger partial charge in [-0.1, -0.05) is 13.3 Å². The molecule has 1 saturated carbocycles. The zero-order chi connectivity index (χ0) is 13.7. The highest BCUT2D eigenvalue weighted by Crippen LogP contribution is 2.30. The molecular weight excluding hydrogens is 259 g/mol. The van der Waals surface area contributed by atoms with Crippen LogP contribution in [0.15, 0.2) is 18.2 Å². The first-order valence-electron chi connectivity index (χ1n) is 6.77. The van der Waals surface area contributed by atoms with Gasteiger partial charge in [0.2, 0.25) is 0 Å². The Bertz CT molecular complexity index is 470. The highest BCUT2D eigenvalue weighted by atomic mass is 32.2. The molecule has 0 radical (unpaired) electrons. The van der Waals surface area contributed by atoms with Gasteiger partial charge in [0, 0.05) is 17.8 Å². The van der Waals surface area contributed by atoms with Crippen LogP contribution >= 0.6 is 11.8 Å². The van der Waals surface area contributed by atoms with E-state index in [9.17, 15) is 4.39 Å². The Morgan fingerprint density at radius 3 is 3.00 bits per heavy atom. The zero-order valence-corrected chi connectivity index (χ0v) is 12.0. The van der Waals surface area contributed by atoms with Crippen LogP contribution in [0.3, 0.4) is 0 Å². The molecule has 0 heterocycles. The molecule has 4 heteroatoms. The smallest absolute Gasteiger partial charge is 0.124 e. The quantitative estimate of drug-likeness (QED) is 0.896. The Kier molecular flexibility index (Phi) is 5.24. The van der Waals surface area contributed by atoms with Crippen LogP contribution in [-0.4, -0.2) is 17.0 Å². The fourth-order valence-corrected chi connectivity index (χ4v) is 3.87. The molecule has 0 spiro atoms. The number of hydrogen-bond acceptors (Lipinski definition) is 3. The molecule has 2 atom stereocenters. The van der Waals surface area contributed by atoms with Crippen molar-refractivity contribution in [2.45, 2.75) is 44.0 Å². The molecule has 1 N–H and O–H groups in total. The lowest BCUT2D eigenvalue weighted by atomic mass is 10.1. The number of nitrogens with one attached hydrogen (secondary N) is 1. The lowest BCUT2D eigenvalue weighted by Gasteiger charge is -2.20. The van der Waals surface area contributed by atoms with E-state index in [1.807, 2.05) is 17.8 Å². The Hall–Kier alpha value is -1.05. The third kappa shape index (κ3) is 3.95. The zero-order valence-electron chi connectivity index (χ0n) is 11.2. The van der Waals surface area contributed by atoms with Crippen LogP contribution in [0, 0.1) is 17.1 Å². The fourth-order valence-electron chi connectivity index (χ4n) is 2.64. The molecule has 2 rings (SSSR count). The van der Waals surface area contributed by atoms with Gasteiger partial charge < -0.3 is 5.32 Å². The van der Waals surface area contributed by atoms with Crippen molar-refractivity contribution in [2.24, 2.45) is 0 Å². The van der Waals surface area contributed by atoms with E-state index in [0.717, 1.165) is 11.3 Å². The summed E-state index contributed by atoms with van der Waals surface area (Å²) in [6.45, 7) is 2.82. The SMILES string of the molecule is CCSC1CCCC1NCc1cc(F)cc(C#N)c1. The van der Waals surface area contributed by atoms with Gasteiger partial charge in [0.05, 0.1) is 11.6 Å². The van der Waals surface area contributed by atoms with Crippen LogP contribution in [0.4, 0.5) is 4.39 Å². The Labute approximate surface area is 118 Å². The largest absolute Gasteiger partial charge is 0.309 e. The second kappa shape index (κ2) is 6.93. The van der Waals surface area contributed by atoms with Crippen molar-refractivity contribution < 1.29 is 4.39 Å². The molecule has 1 aliphatic rings. The number of nitriles is 1. The van der Waals surface area contributed by atoms with Crippen LogP contribution in [-0.2, 0) is 6.54 Å². The van der Waals surface area contributed by atoms with Gasteiger partial charge in [-0.15, -0.1) is 0 Å². The van der Waals surface area contributed by atoms with Gasteiger partial charge in [0.15, 0.2) is 0 Å². The molecule has 0 aliphatic heterocycles. The average molecular weight is 278 g/mol. The van der Waals surface area contributed by atoms with Crippen LogP contribution in [0.2, 0.25) is 0 Å². The van der Waals surface area contributed by atoms with Gasteiger partial charge in [0.1, 0.15) is 5.82 Å². The Morgan fingerprint density at radius 1 is 1.42 bits per heavy atom. The number of nitrogens with zero attached hydrogens (tertiary/aromatic N) is 1. The topological polar surface area (TPSA) is 35.8 Å². The predicted octanol–water partition coefficient (Wildman–Crippen LogP) is 3.46. The van der Waals surface area contributed by atoms with Gasteiger partial charge in [-0.05, 0) is 42.4 Å². The minimum Gasteiger partial charge on any atom is -0.309 e. The van der Waals surface area contributed by atoms with E-state index in [2.05, 4.69) is 12.2 Å². The van der Waals surface area contributed by atoms with E-state index in [1.165, 1.54) is 31.4 Å². The second-order valence-electron chi connectivity index (χ2n) is 4.87. The maximum absolute atomic E-state index is 13.3. The molecule has 0 bridgehead atoms. The monoisotopic (exact) mass is 278 g/mol. The summed E-state index contributed by atoms with van der Waals surface area (Å²) in [7, 11) is 0. The van der Waals surface area contributed by atoms with Crippen molar-refractivity contribution >= 4 is 11.8 Å². The highest BCUT2D eigenvalue weighted by molar-refractivity contribution is 7.99. The van der Waals surface area contributed by atoms with E-state index < -0.39 is 0 Å². The third-order valence-corrected chi connectivity index (χ3v) is 4.81. The van der Waals surface area contributed by atoms with E-state index in [-0.39, 0.29) is 5.82 Å². The van der Waals surface area contributed by atoms with Crippen molar-refractivity contribution in [1.29, 1.82) is 5.26 Å². The van der Waals surface area contributed by atoms with Crippen molar-refractivity contribution in [3.05, 3.63) is 35.1 Å². The van der Waals surface area contributed by atoms with Gasteiger partial charge in [0.25, 0.3) is 0 Å². The molecule has 0 saturated heterocycles. The van der Waals surface area contributed by atoms with E-state index in [0.29, 0.717) is 23.4 Å². The summed E-state index contributed by atoms with van der Waals surface area (Å²) >= 11 is 2.00. The molecule has 19 heavy (non-hydrogen) atoms. The molecule has 0 aromatic heterocycles. The maximum atomic E-state index is 13.3. The standard InChI is InChI=1S/C15H19FN2S/c1-2-19-15-5-3-4-14(15)18-10-12-6-11(9-17)7-13(16)8-12/h6-8,14-15,18H,2-5,10H2,1H3. The number of thioether (sulfide) groups is 1. The fraction of sp³-hybridized carbons (Fsp3) is 0.533. The van der Waals surface area contributed by atoms with Crippen LogP contribution in [0.1, 0.15) is 37.3 Å². The first-order valence-corrected chi connectivity index (χ1v) is 7.82. The molecule has 2 nitrogen and oxygen atoms in total. The van der Waals surface area contributed by atoms with Crippen molar-refractivity contribution in [1.82, 2.24) is 5.32 Å². The summed E-state index contributed by atoms with van der Waals surface area (Å²) in [6.07, 6.45) is 3.72. The van der Waals surface area contributed by atoms with Crippen molar-refractivity contribution in [3.63, 3.8) is 0 Å². The molecule has 102 valence electrons.